The molecule has 96 valence electrons. The second kappa shape index (κ2) is 6.44. The Morgan fingerprint density at radius 1 is 1.71 bits per heavy atom. The zero-order valence-corrected chi connectivity index (χ0v) is 11.3. The molecule has 2 unspecified atom stereocenters. The molecule has 1 aromatic heterocycles. The maximum absolute atomic E-state index is 5.65. The Hall–Kier alpha value is -0.490. The zero-order valence-electron chi connectivity index (χ0n) is 10.5. The van der Waals surface area contributed by atoms with Gasteiger partial charge >= 0.3 is 0 Å². The second-order valence-electron chi connectivity index (χ2n) is 4.47. The molecule has 5 heteroatoms. The Morgan fingerprint density at radius 2 is 2.59 bits per heavy atom. The van der Waals surface area contributed by atoms with Crippen molar-refractivity contribution in [2.24, 2.45) is 0 Å². The van der Waals surface area contributed by atoms with Gasteiger partial charge in [0.05, 0.1) is 18.8 Å². The van der Waals surface area contributed by atoms with E-state index in [2.05, 4.69) is 29.5 Å². The van der Waals surface area contributed by atoms with E-state index in [1.807, 2.05) is 6.20 Å². The van der Waals surface area contributed by atoms with Gasteiger partial charge in [0.1, 0.15) is 5.01 Å². The fourth-order valence-corrected chi connectivity index (χ4v) is 2.73. The van der Waals surface area contributed by atoms with Crippen molar-refractivity contribution in [3.63, 3.8) is 0 Å². The van der Waals surface area contributed by atoms with Crippen LogP contribution in [0.4, 0.5) is 0 Å². The van der Waals surface area contributed by atoms with Gasteiger partial charge in [0.25, 0.3) is 0 Å². The monoisotopic (exact) mass is 255 g/mol. The van der Waals surface area contributed by atoms with E-state index >= 15 is 0 Å². The summed E-state index contributed by atoms with van der Waals surface area (Å²) >= 11 is 1.76. The molecule has 2 rings (SSSR count). The molecule has 17 heavy (non-hydrogen) atoms. The number of hydrogen-bond donors (Lipinski definition) is 2. The van der Waals surface area contributed by atoms with Crippen LogP contribution in [0.5, 0.6) is 0 Å². The number of morpholine rings is 1. The molecule has 0 aliphatic carbocycles. The molecule has 4 nitrogen and oxygen atoms in total. The minimum Gasteiger partial charge on any atom is -0.376 e. The molecule has 1 aromatic rings. The molecule has 2 N–H and O–H groups in total. The van der Waals surface area contributed by atoms with E-state index in [0.29, 0.717) is 12.1 Å². The first kappa shape index (κ1) is 13.0. The summed E-state index contributed by atoms with van der Waals surface area (Å²) in [6.45, 7) is 8.04. The molecule has 2 atom stereocenters. The molecule has 0 spiro atoms. The van der Waals surface area contributed by atoms with Crippen LogP contribution >= 0.6 is 11.3 Å². The van der Waals surface area contributed by atoms with Crippen molar-refractivity contribution in [2.45, 2.75) is 32.4 Å². The quantitative estimate of drug-likeness (QED) is 0.836. The molecule has 0 saturated carbocycles. The number of ether oxygens (including phenoxy) is 1. The van der Waals surface area contributed by atoms with Gasteiger partial charge in [0, 0.05) is 24.2 Å². The normalized spacial score (nSPS) is 22.6. The van der Waals surface area contributed by atoms with Crippen molar-refractivity contribution < 1.29 is 4.74 Å². The second-order valence-corrected chi connectivity index (χ2v) is 5.74. The maximum Gasteiger partial charge on any atom is 0.109 e. The molecule has 1 aliphatic rings. The Balaban J connectivity index is 1.67. The summed E-state index contributed by atoms with van der Waals surface area (Å²) in [5, 5.41) is 8.02. The molecular formula is C12H21N3OS. The van der Waals surface area contributed by atoms with Crippen LogP contribution in [-0.2, 0) is 4.74 Å². The van der Waals surface area contributed by atoms with Crippen LogP contribution < -0.4 is 10.6 Å². The first-order valence-electron chi connectivity index (χ1n) is 6.23. The highest BCUT2D eigenvalue weighted by atomic mass is 32.1. The zero-order chi connectivity index (χ0) is 12.1. The summed E-state index contributed by atoms with van der Waals surface area (Å²) in [5.41, 5.74) is 0. The van der Waals surface area contributed by atoms with Gasteiger partial charge in [-0.15, -0.1) is 11.3 Å². The number of thiazole rings is 1. The third-order valence-electron chi connectivity index (χ3n) is 2.93. The lowest BCUT2D eigenvalue weighted by Gasteiger charge is -2.24. The van der Waals surface area contributed by atoms with Crippen molar-refractivity contribution in [1.82, 2.24) is 15.6 Å². The highest BCUT2D eigenvalue weighted by Gasteiger charge is 2.14. The molecule has 0 aromatic carbocycles. The predicted octanol–water partition coefficient (Wildman–Crippen LogP) is 1.48. The van der Waals surface area contributed by atoms with E-state index in [1.54, 1.807) is 11.3 Å². The maximum atomic E-state index is 5.65. The molecule has 0 radical (unpaired) electrons. The number of aromatic nitrogens is 1. The van der Waals surface area contributed by atoms with Gasteiger partial charge < -0.3 is 15.4 Å². The van der Waals surface area contributed by atoms with Gasteiger partial charge in [0.15, 0.2) is 0 Å². The van der Waals surface area contributed by atoms with Gasteiger partial charge in [-0.25, -0.2) is 4.98 Å². The molecule has 0 amide bonds. The number of aryl methyl sites for hydroxylation is 1. The van der Waals surface area contributed by atoms with Crippen LogP contribution in [0.15, 0.2) is 6.20 Å². The molecule has 2 heterocycles. The van der Waals surface area contributed by atoms with Gasteiger partial charge in [-0.1, -0.05) is 0 Å². The summed E-state index contributed by atoms with van der Waals surface area (Å²) in [7, 11) is 0. The molecule has 1 aliphatic heterocycles. The standard InChI is InChI=1S/C12H21N3OS/c1-9-7-15-12(17-9)10(2)14-4-3-11-8-13-5-6-16-11/h7,10-11,13-14H,3-6,8H2,1-2H3. The van der Waals surface area contributed by atoms with Crippen LogP contribution in [0.3, 0.4) is 0 Å². The minimum atomic E-state index is 0.338. The fourth-order valence-electron chi connectivity index (χ4n) is 1.93. The number of hydrogen-bond acceptors (Lipinski definition) is 5. The Labute approximate surface area is 107 Å². The highest BCUT2D eigenvalue weighted by Crippen LogP contribution is 2.18. The molecular weight excluding hydrogens is 234 g/mol. The first-order valence-corrected chi connectivity index (χ1v) is 7.05. The van der Waals surface area contributed by atoms with E-state index in [9.17, 15) is 0 Å². The van der Waals surface area contributed by atoms with E-state index in [1.165, 1.54) is 9.88 Å². The highest BCUT2D eigenvalue weighted by molar-refractivity contribution is 7.11. The number of nitrogens with one attached hydrogen (secondary N) is 2. The van der Waals surface area contributed by atoms with E-state index in [4.69, 9.17) is 4.74 Å². The lowest BCUT2D eigenvalue weighted by molar-refractivity contribution is 0.0235. The fraction of sp³-hybridized carbons (Fsp3) is 0.750. The molecule has 1 fully saturated rings. The summed E-state index contributed by atoms with van der Waals surface area (Å²) in [4.78, 5) is 5.67. The largest absolute Gasteiger partial charge is 0.376 e. The number of rotatable bonds is 5. The number of nitrogens with zero attached hydrogens (tertiary/aromatic N) is 1. The Kier molecular flexibility index (Phi) is 4.91. The van der Waals surface area contributed by atoms with Gasteiger partial charge in [-0.3, -0.25) is 0 Å². The average molecular weight is 255 g/mol. The SMILES string of the molecule is Cc1cnc(C(C)NCCC2CNCCO2)s1. The van der Waals surface area contributed by atoms with Crippen molar-refractivity contribution in [2.75, 3.05) is 26.2 Å². The van der Waals surface area contributed by atoms with Gasteiger partial charge in [-0.2, -0.15) is 0 Å². The van der Waals surface area contributed by atoms with Crippen molar-refractivity contribution in [3.05, 3.63) is 16.1 Å². The van der Waals surface area contributed by atoms with Crippen LogP contribution in [0.2, 0.25) is 0 Å². The van der Waals surface area contributed by atoms with Crippen molar-refractivity contribution >= 4 is 11.3 Å². The minimum absolute atomic E-state index is 0.338. The lowest BCUT2D eigenvalue weighted by Crippen LogP contribution is -2.40. The third-order valence-corrected chi connectivity index (χ3v) is 4.03. The Morgan fingerprint density at radius 3 is 3.24 bits per heavy atom. The topological polar surface area (TPSA) is 46.2 Å². The van der Waals surface area contributed by atoms with E-state index in [-0.39, 0.29) is 0 Å². The van der Waals surface area contributed by atoms with E-state index < -0.39 is 0 Å². The van der Waals surface area contributed by atoms with Crippen LogP contribution in [0.25, 0.3) is 0 Å². The van der Waals surface area contributed by atoms with Gasteiger partial charge in [-0.05, 0) is 26.8 Å². The van der Waals surface area contributed by atoms with E-state index in [0.717, 1.165) is 32.7 Å². The third kappa shape index (κ3) is 4.03. The summed E-state index contributed by atoms with van der Waals surface area (Å²) < 4.78 is 5.65. The Bertz CT molecular complexity index is 336. The van der Waals surface area contributed by atoms with Crippen LogP contribution in [-0.4, -0.2) is 37.3 Å². The average Bonchev–Trinajstić information content (AvgIpc) is 2.77. The predicted molar refractivity (Wildman–Crippen MR) is 70.5 cm³/mol. The smallest absolute Gasteiger partial charge is 0.109 e. The first-order chi connectivity index (χ1) is 8.25. The summed E-state index contributed by atoms with van der Waals surface area (Å²) in [6, 6.07) is 0.338. The summed E-state index contributed by atoms with van der Waals surface area (Å²) in [5.74, 6) is 0. The molecule has 0 bridgehead atoms. The molecule has 1 saturated heterocycles. The van der Waals surface area contributed by atoms with Crippen molar-refractivity contribution in [3.8, 4) is 0 Å². The summed E-state index contributed by atoms with van der Waals surface area (Å²) in [6.07, 6.45) is 3.36. The van der Waals surface area contributed by atoms with Gasteiger partial charge in [0.2, 0.25) is 0 Å². The van der Waals surface area contributed by atoms with Crippen LogP contribution in [0.1, 0.15) is 29.3 Å². The van der Waals surface area contributed by atoms with Crippen molar-refractivity contribution in [1.29, 1.82) is 0 Å². The van der Waals surface area contributed by atoms with Crippen LogP contribution in [0, 0.1) is 6.92 Å². The lowest BCUT2D eigenvalue weighted by atomic mass is 10.2.